The second-order valence-corrected chi connectivity index (χ2v) is 2.86. The van der Waals surface area contributed by atoms with Gasteiger partial charge in [0.2, 0.25) is 0 Å². The van der Waals surface area contributed by atoms with Crippen molar-refractivity contribution < 1.29 is 14.3 Å². The number of rotatable bonds is 1. The van der Waals surface area contributed by atoms with Crippen LogP contribution in [0.25, 0.3) is 0 Å². The third-order valence-electron chi connectivity index (χ3n) is 1.22. The maximum atomic E-state index is 12.5. The molecular weight excluding hydrogens is 206 g/mol. The summed E-state index contributed by atoms with van der Waals surface area (Å²) in [6.45, 7) is 0. The van der Waals surface area contributed by atoms with Crippen molar-refractivity contribution in [2.24, 2.45) is 0 Å². The van der Waals surface area contributed by atoms with Gasteiger partial charge in [-0.25, -0.2) is 9.18 Å². The van der Waals surface area contributed by atoms with Crippen molar-refractivity contribution in [3.8, 4) is 0 Å². The van der Waals surface area contributed by atoms with Gasteiger partial charge in [0.15, 0.2) is 0 Å². The molecule has 0 fully saturated rings. The number of carboxylic acids is 1. The van der Waals surface area contributed by atoms with Gasteiger partial charge in [0, 0.05) is 0 Å². The van der Waals surface area contributed by atoms with Gasteiger partial charge in [-0.15, -0.1) is 0 Å². The number of aromatic carboxylic acids is 1. The van der Waals surface area contributed by atoms with Crippen molar-refractivity contribution in [1.82, 2.24) is 0 Å². The first kappa shape index (κ1) is 9.29. The molecule has 0 bridgehead atoms. The summed E-state index contributed by atoms with van der Waals surface area (Å²) in [5.41, 5.74) is -0.278. The minimum atomic E-state index is -1.27. The zero-order valence-corrected chi connectivity index (χ0v) is 7.16. The van der Waals surface area contributed by atoms with Crippen molar-refractivity contribution in [3.63, 3.8) is 0 Å². The first-order valence-electron chi connectivity index (χ1n) is 2.90. The highest BCUT2D eigenvalue weighted by molar-refractivity contribution is 6.39. The third-order valence-corrected chi connectivity index (χ3v) is 1.82. The van der Waals surface area contributed by atoms with Gasteiger partial charge in [0.05, 0.1) is 15.6 Å². The van der Waals surface area contributed by atoms with Crippen molar-refractivity contribution in [2.45, 2.75) is 0 Å². The van der Waals surface area contributed by atoms with Crippen LogP contribution in [0.2, 0.25) is 10.0 Å². The van der Waals surface area contributed by atoms with Crippen molar-refractivity contribution in [1.29, 1.82) is 0 Å². The number of hydrogen-bond acceptors (Lipinski definition) is 1. The van der Waals surface area contributed by atoms with E-state index in [1.165, 1.54) is 0 Å². The van der Waals surface area contributed by atoms with Gasteiger partial charge in [-0.3, -0.25) is 0 Å². The van der Waals surface area contributed by atoms with Gasteiger partial charge >= 0.3 is 5.97 Å². The quantitative estimate of drug-likeness (QED) is 0.771. The zero-order chi connectivity index (χ0) is 9.30. The molecule has 0 radical (unpaired) electrons. The Bertz CT molecular complexity index is 315. The lowest BCUT2D eigenvalue weighted by atomic mass is 10.2. The molecule has 1 rings (SSSR count). The number of halogens is 3. The molecule has 0 aliphatic carbocycles. The van der Waals surface area contributed by atoms with Gasteiger partial charge in [0.25, 0.3) is 0 Å². The molecular formula is C7H3Cl2FO2. The van der Waals surface area contributed by atoms with Crippen molar-refractivity contribution in [2.75, 3.05) is 0 Å². The van der Waals surface area contributed by atoms with Crippen LogP contribution < -0.4 is 0 Å². The molecule has 1 aromatic rings. The number of hydrogen-bond donors (Lipinski definition) is 1. The molecule has 0 spiro atoms. The minimum Gasteiger partial charge on any atom is -0.478 e. The highest BCUT2D eigenvalue weighted by atomic mass is 35.5. The summed E-state index contributed by atoms with van der Waals surface area (Å²) < 4.78 is 12.5. The summed E-state index contributed by atoms with van der Waals surface area (Å²) in [5.74, 6) is -1.93. The van der Waals surface area contributed by atoms with Gasteiger partial charge in [-0.05, 0) is 12.1 Å². The average molecular weight is 209 g/mol. The summed E-state index contributed by atoms with van der Waals surface area (Å²) in [4.78, 5) is 10.5. The van der Waals surface area contributed by atoms with E-state index >= 15 is 0 Å². The summed E-state index contributed by atoms with van der Waals surface area (Å²) in [6.07, 6.45) is 0. The highest BCUT2D eigenvalue weighted by Crippen LogP contribution is 2.25. The maximum Gasteiger partial charge on any atom is 0.338 e. The number of carboxylic acid groups (broad SMARTS) is 1. The summed E-state index contributed by atoms with van der Waals surface area (Å²) in [5, 5.41) is 8.14. The predicted octanol–water partition coefficient (Wildman–Crippen LogP) is 2.83. The molecule has 2 nitrogen and oxygen atoms in total. The highest BCUT2D eigenvalue weighted by Gasteiger charge is 2.14. The molecule has 1 N–H and O–H groups in total. The molecule has 0 atom stereocenters. The summed E-state index contributed by atoms with van der Waals surface area (Å²) in [7, 11) is 0. The Labute approximate surface area is 77.5 Å². The van der Waals surface area contributed by atoms with E-state index in [9.17, 15) is 9.18 Å². The Balaban J connectivity index is 3.38. The normalized spacial score (nSPS) is 9.92. The van der Waals surface area contributed by atoms with Crippen LogP contribution in [-0.2, 0) is 0 Å². The van der Waals surface area contributed by atoms with E-state index in [0.717, 1.165) is 12.1 Å². The first-order chi connectivity index (χ1) is 5.52. The second kappa shape index (κ2) is 3.29. The predicted molar refractivity (Wildman–Crippen MR) is 43.4 cm³/mol. The maximum absolute atomic E-state index is 12.5. The molecule has 64 valence electrons. The van der Waals surface area contributed by atoms with E-state index in [-0.39, 0.29) is 15.6 Å². The molecule has 0 aliphatic heterocycles. The van der Waals surface area contributed by atoms with Crippen LogP contribution in [0.4, 0.5) is 4.39 Å². The lowest BCUT2D eigenvalue weighted by molar-refractivity contribution is 0.0697. The minimum absolute atomic E-state index is 0.201. The van der Waals surface area contributed by atoms with E-state index in [4.69, 9.17) is 28.3 Å². The van der Waals surface area contributed by atoms with Crippen LogP contribution in [0.1, 0.15) is 10.4 Å². The van der Waals surface area contributed by atoms with Gasteiger partial charge in [0.1, 0.15) is 5.82 Å². The Morgan fingerprint density at radius 3 is 2.08 bits per heavy atom. The zero-order valence-electron chi connectivity index (χ0n) is 5.64. The second-order valence-electron chi connectivity index (χ2n) is 2.05. The Kier molecular flexibility index (Phi) is 2.55. The van der Waals surface area contributed by atoms with Crippen molar-refractivity contribution in [3.05, 3.63) is 33.6 Å². The monoisotopic (exact) mass is 208 g/mol. The molecule has 0 saturated carbocycles. The van der Waals surface area contributed by atoms with Crippen LogP contribution in [0.15, 0.2) is 12.1 Å². The molecule has 0 aromatic heterocycles. The van der Waals surface area contributed by atoms with Crippen molar-refractivity contribution >= 4 is 29.2 Å². The Morgan fingerprint density at radius 2 is 1.75 bits per heavy atom. The number of benzene rings is 1. The van der Waals surface area contributed by atoms with Gasteiger partial charge in [-0.1, -0.05) is 23.2 Å². The fourth-order valence-electron chi connectivity index (χ4n) is 0.747. The molecule has 5 heteroatoms. The molecule has 12 heavy (non-hydrogen) atoms. The summed E-state index contributed by atoms with van der Waals surface area (Å²) >= 11 is 10.8. The molecule has 0 heterocycles. The number of carbonyl (C=O) groups is 1. The lowest BCUT2D eigenvalue weighted by Gasteiger charge is -2.00. The summed E-state index contributed by atoms with van der Waals surface area (Å²) in [6, 6.07) is 1.80. The molecule has 0 saturated heterocycles. The Hall–Kier alpha value is -0.800. The van der Waals surface area contributed by atoms with E-state index in [1.807, 2.05) is 0 Å². The topological polar surface area (TPSA) is 37.3 Å². The van der Waals surface area contributed by atoms with E-state index in [2.05, 4.69) is 0 Å². The van der Waals surface area contributed by atoms with E-state index < -0.39 is 11.8 Å². The average Bonchev–Trinajstić information content (AvgIpc) is 1.82. The smallest absolute Gasteiger partial charge is 0.338 e. The SMILES string of the molecule is O=C(O)c1c(Cl)cc(F)cc1Cl. The largest absolute Gasteiger partial charge is 0.478 e. The van der Waals surface area contributed by atoms with Gasteiger partial charge in [-0.2, -0.15) is 0 Å². The lowest BCUT2D eigenvalue weighted by Crippen LogP contribution is -1.99. The van der Waals surface area contributed by atoms with Crippen LogP contribution in [0, 0.1) is 5.82 Å². The molecule has 1 aromatic carbocycles. The fourth-order valence-corrected chi connectivity index (χ4v) is 1.37. The van der Waals surface area contributed by atoms with Crippen LogP contribution >= 0.6 is 23.2 Å². The van der Waals surface area contributed by atoms with Crippen LogP contribution in [0.5, 0.6) is 0 Å². The van der Waals surface area contributed by atoms with E-state index in [1.54, 1.807) is 0 Å². The molecule has 0 unspecified atom stereocenters. The van der Waals surface area contributed by atoms with Gasteiger partial charge < -0.3 is 5.11 Å². The Morgan fingerprint density at radius 1 is 1.33 bits per heavy atom. The van der Waals surface area contributed by atoms with E-state index in [0.29, 0.717) is 0 Å². The molecule has 0 aliphatic rings. The van der Waals surface area contributed by atoms with Crippen LogP contribution in [-0.4, -0.2) is 11.1 Å². The first-order valence-corrected chi connectivity index (χ1v) is 3.66. The standard InChI is InChI=1S/C7H3Cl2FO2/c8-4-1-3(10)2-5(9)6(4)7(11)12/h1-2H,(H,11,12). The third kappa shape index (κ3) is 1.68. The molecule has 0 amide bonds. The van der Waals surface area contributed by atoms with Crippen LogP contribution in [0.3, 0.4) is 0 Å². The fraction of sp³-hybridized carbons (Fsp3) is 0.